The van der Waals surface area contributed by atoms with Gasteiger partial charge < -0.3 is 25.0 Å². The van der Waals surface area contributed by atoms with Crippen molar-refractivity contribution in [2.75, 3.05) is 39.8 Å². The molecule has 1 aromatic carbocycles. The number of carbonyl (C=O) groups excluding carboxylic acids is 2. The minimum Gasteiger partial charge on any atom is -0.493 e. The monoisotopic (exact) mass is 399 g/mol. The third kappa shape index (κ3) is 6.95. The molecule has 0 saturated carbocycles. The van der Waals surface area contributed by atoms with Gasteiger partial charge >= 0.3 is 6.61 Å². The van der Waals surface area contributed by atoms with E-state index in [-0.39, 0.29) is 29.5 Å². The van der Waals surface area contributed by atoms with Crippen LogP contribution >= 0.6 is 0 Å². The molecule has 1 atom stereocenters. The number of methoxy groups -OCH3 is 1. The summed E-state index contributed by atoms with van der Waals surface area (Å²) in [7, 11) is 1.28. The largest absolute Gasteiger partial charge is 0.493 e. The number of alkyl halides is 2. The number of nitrogens with one attached hydrogen (secondary N) is 2. The Labute approximate surface area is 163 Å². The molecule has 1 heterocycles. The Bertz CT molecular complexity index is 673. The van der Waals surface area contributed by atoms with Crippen LogP contribution in [0, 0.1) is 5.92 Å². The maximum atomic E-state index is 12.3. The molecule has 0 radical (unpaired) electrons. The lowest BCUT2D eigenvalue weighted by Gasteiger charge is -2.30. The van der Waals surface area contributed by atoms with E-state index in [1.165, 1.54) is 38.2 Å². The molecule has 0 spiro atoms. The van der Waals surface area contributed by atoms with Gasteiger partial charge in [0, 0.05) is 25.2 Å². The van der Waals surface area contributed by atoms with E-state index in [9.17, 15) is 18.4 Å². The first-order valence-corrected chi connectivity index (χ1v) is 9.29. The summed E-state index contributed by atoms with van der Waals surface area (Å²) in [6.45, 7) is 2.45. The van der Waals surface area contributed by atoms with Gasteiger partial charge in [0.25, 0.3) is 5.91 Å². The smallest absolute Gasteiger partial charge is 0.387 e. The second kappa shape index (κ2) is 10.8. The highest BCUT2D eigenvalue weighted by Gasteiger charge is 2.17. The highest BCUT2D eigenvalue weighted by Crippen LogP contribution is 2.29. The van der Waals surface area contributed by atoms with Gasteiger partial charge in [-0.1, -0.05) is 6.92 Å². The zero-order valence-corrected chi connectivity index (χ0v) is 16.2. The third-order valence-electron chi connectivity index (χ3n) is 4.54. The fourth-order valence-corrected chi connectivity index (χ4v) is 3.17. The fourth-order valence-electron chi connectivity index (χ4n) is 3.17. The average molecular weight is 399 g/mol. The molecule has 1 aliphatic rings. The molecular formula is C19H27F2N3O4. The number of hydrogen-bond donors (Lipinski definition) is 2. The highest BCUT2D eigenvalue weighted by atomic mass is 19.3. The Kier molecular flexibility index (Phi) is 8.43. The Morgan fingerprint density at radius 3 is 2.75 bits per heavy atom. The summed E-state index contributed by atoms with van der Waals surface area (Å²) < 4.78 is 34.0. The van der Waals surface area contributed by atoms with E-state index in [1.807, 2.05) is 0 Å². The van der Waals surface area contributed by atoms with Gasteiger partial charge in [0.15, 0.2) is 11.5 Å². The standard InChI is InChI=1S/C19H27F2N3O4/c1-13-4-3-8-24(12-13)9-7-22-17(25)11-23-18(26)14-5-6-15(28-19(20)21)16(10-14)27-2/h5-6,10,13,19H,3-4,7-9,11-12H2,1-2H3,(H,22,25)(H,23,26). The first-order valence-electron chi connectivity index (χ1n) is 9.29. The Morgan fingerprint density at radius 1 is 1.29 bits per heavy atom. The van der Waals surface area contributed by atoms with Crippen molar-refractivity contribution in [1.29, 1.82) is 0 Å². The first kappa shape index (κ1) is 21.9. The maximum Gasteiger partial charge on any atom is 0.387 e. The number of amides is 2. The number of nitrogens with zero attached hydrogens (tertiary/aromatic N) is 1. The molecule has 7 nitrogen and oxygen atoms in total. The van der Waals surface area contributed by atoms with E-state index in [0.29, 0.717) is 12.5 Å². The zero-order valence-electron chi connectivity index (χ0n) is 16.2. The van der Waals surface area contributed by atoms with Crippen LogP contribution in [0.5, 0.6) is 11.5 Å². The van der Waals surface area contributed by atoms with Crippen molar-refractivity contribution in [3.8, 4) is 11.5 Å². The van der Waals surface area contributed by atoms with Crippen molar-refractivity contribution in [2.45, 2.75) is 26.4 Å². The van der Waals surface area contributed by atoms with Crippen LogP contribution in [-0.4, -0.2) is 63.2 Å². The van der Waals surface area contributed by atoms with Crippen LogP contribution in [0.15, 0.2) is 18.2 Å². The number of hydrogen-bond acceptors (Lipinski definition) is 5. The first-order chi connectivity index (χ1) is 13.4. The summed E-state index contributed by atoms with van der Waals surface area (Å²) in [5.74, 6) is -0.282. The van der Waals surface area contributed by atoms with Crippen LogP contribution in [0.3, 0.4) is 0 Å². The number of ether oxygens (including phenoxy) is 2. The van der Waals surface area contributed by atoms with E-state index in [0.717, 1.165) is 19.6 Å². The Balaban J connectivity index is 1.75. The topological polar surface area (TPSA) is 79.9 Å². The van der Waals surface area contributed by atoms with Gasteiger partial charge in [0.2, 0.25) is 5.91 Å². The molecule has 1 fully saturated rings. The van der Waals surface area contributed by atoms with Crippen LogP contribution in [0.4, 0.5) is 8.78 Å². The van der Waals surface area contributed by atoms with E-state index < -0.39 is 12.5 Å². The van der Waals surface area contributed by atoms with Gasteiger partial charge in [-0.2, -0.15) is 8.78 Å². The van der Waals surface area contributed by atoms with E-state index >= 15 is 0 Å². The lowest BCUT2D eigenvalue weighted by atomic mass is 10.0. The van der Waals surface area contributed by atoms with Crippen LogP contribution < -0.4 is 20.1 Å². The maximum absolute atomic E-state index is 12.3. The molecule has 2 rings (SSSR count). The Hall–Kier alpha value is -2.42. The molecule has 28 heavy (non-hydrogen) atoms. The van der Waals surface area contributed by atoms with Gasteiger partial charge in [-0.3, -0.25) is 9.59 Å². The predicted octanol–water partition coefficient (Wildman–Crippen LogP) is 1.87. The molecule has 1 aromatic rings. The zero-order chi connectivity index (χ0) is 20.5. The third-order valence-corrected chi connectivity index (χ3v) is 4.54. The minimum atomic E-state index is -2.99. The van der Waals surface area contributed by atoms with Gasteiger partial charge in [0.05, 0.1) is 13.7 Å². The lowest BCUT2D eigenvalue weighted by Crippen LogP contribution is -2.42. The second-order valence-corrected chi connectivity index (χ2v) is 6.82. The Morgan fingerprint density at radius 2 is 2.07 bits per heavy atom. The van der Waals surface area contributed by atoms with E-state index in [4.69, 9.17) is 4.74 Å². The van der Waals surface area contributed by atoms with Crippen molar-refractivity contribution in [3.05, 3.63) is 23.8 Å². The second-order valence-electron chi connectivity index (χ2n) is 6.82. The fraction of sp³-hybridized carbons (Fsp3) is 0.579. The molecular weight excluding hydrogens is 372 g/mol. The molecule has 1 saturated heterocycles. The molecule has 0 aromatic heterocycles. The van der Waals surface area contributed by atoms with Crippen LogP contribution in [0.2, 0.25) is 0 Å². The minimum absolute atomic E-state index is 0.00756. The molecule has 156 valence electrons. The van der Waals surface area contributed by atoms with Crippen molar-refractivity contribution >= 4 is 11.8 Å². The molecule has 1 aliphatic heterocycles. The number of likely N-dealkylation sites (tertiary alicyclic amines) is 1. The summed E-state index contributed by atoms with van der Waals surface area (Å²) in [5, 5.41) is 5.28. The number of halogens is 2. The summed E-state index contributed by atoms with van der Waals surface area (Å²) in [6, 6.07) is 3.83. The average Bonchev–Trinajstić information content (AvgIpc) is 2.66. The molecule has 9 heteroatoms. The molecule has 2 amide bonds. The summed E-state index contributed by atoms with van der Waals surface area (Å²) in [5.41, 5.74) is 0.175. The van der Waals surface area contributed by atoms with Crippen LogP contribution in [0.1, 0.15) is 30.1 Å². The van der Waals surface area contributed by atoms with Crippen molar-refractivity contribution < 1.29 is 27.8 Å². The number of rotatable bonds is 9. The molecule has 2 N–H and O–H groups in total. The van der Waals surface area contributed by atoms with Crippen LogP contribution in [0.25, 0.3) is 0 Å². The van der Waals surface area contributed by atoms with Crippen molar-refractivity contribution in [2.24, 2.45) is 5.92 Å². The van der Waals surface area contributed by atoms with E-state index in [1.54, 1.807) is 0 Å². The van der Waals surface area contributed by atoms with Gasteiger partial charge in [-0.15, -0.1) is 0 Å². The van der Waals surface area contributed by atoms with Gasteiger partial charge in [0.1, 0.15) is 0 Å². The molecule has 0 bridgehead atoms. The highest BCUT2D eigenvalue weighted by molar-refractivity contribution is 5.97. The quantitative estimate of drug-likeness (QED) is 0.663. The molecule has 0 aliphatic carbocycles. The van der Waals surface area contributed by atoms with Crippen molar-refractivity contribution in [3.63, 3.8) is 0 Å². The number of piperidine rings is 1. The van der Waals surface area contributed by atoms with Gasteiger partial charge in [-0.05, 0) is 43.5 Å². The van der Waals surface area contributed by atoms with Crippen LogP contribution in [-0.2, 0) is 4.79 Å². The summed E-state index contributed by atoms with van der Waals surface area (Å²) in [4.78, 5) is 26.4. The van der Waals surface area contributed by atoms with Gasteiger partial charge in [-0.25, -0.2) is 0 Å². The summed E-state index contributed by atoms with van der Waals surface area (Å²) >= 11 is 0. The molecule has 1 unspecified atom stereocenters. The van der Waals surface area contributed by atoms with E-state index in [2.05, 4.69) is 27.2 Å². The number of benzene rings is 1. The number of carbonyl (C=O) groups is 2. The lowest BCUT2D eigenvalue weighted by molar-refractivity contribution is -0.120. The summed E-state index contributed by atoms with van der Waals surface area (Å²) in [6.07, 6.45) is 2.42. The van der Waals surface area contributed by atoms with Crippen molar-refractivity contribution in [1.82, 2.24) is 15.5 Å². The SMILES string of the molecule is COc1cc(C(=O)NCC(=O)NCCN2CCCC(C)C2)ccc1OC(F)F. The predicted molar refractivity (Wildman–Crippen MR) is 99.8 cm³/mol. The normalized spacial score (nSPS) is 17.2.